The zero-order valence-corrected chi connectivity index (χ0v) is 13.8. The van der Waals surface area contributed by atoms with Crippen molar-refractivity contribution in [2.24, 2.45) is 5.92 Å². The van der Waals surface area contributed by atoms with E-state index in [2.05, 4.69) is 26.0 Å². The fourth-order valence-corrected chi connectivity index (χ4v) is 3.75. The van der Waals surface area contributed by atoms with Crippen LogP contribution in [0, 0.1) is 12.8 Å². The number of rotatable bonds is 5. The summed E-state index contributed by atoms with van der Waals surface area (Å²) in [6.45, 7) is 6.45. The predicted octanol–water partition coefficient (Wildman–Crippen LogP) is 4.37. The maximum atomic E-state index is 12.4. The van der Waals surface area contributed by atoms with Crippen LogP contribution in [-0.4, -0.2) is 18.2 Å². The molecule has 1 saturated carbocycles. The lowest BCUT2D eigenvalue weighted by molar-refractivity contribution is -0.196. The van der Waals surface area contributed by atoms with E-state index in [1.54, 1.807) is 0 Å². The van der Waals surface area contributed by atoms with Gasteiger partial charge < -0.3 is 9.47 Å². The maximum absolute atomic E-state index is 12.4. The molecule has 3 fully saturated rings. The fraction of sp³-hybridized carbons (Fsp3) is 0.632. The summed E-state index contributed by atoms with van der Waals surface area (Å²) in [4.78, 5) is 12.4. The molecule has 0 N–H and O–H groups in total. The van der Waals surface area contributed by atoms with Gasteiger partial charge in [0, 0.05) is 6.42 Å². The van der Waals surface area contributed by atoms with E-state index in [-0.39, 0.29) is 18.0 Å². The molecule has 4 rings (SSSR count). The molecule has 1 aromatic carbocycles. The number of ether oxygens (including phenoxy) is 2. The van der Waals surface area contributed by atoms with Crippen molar-refractivity contribution < 1.29 is 14.3 Å². The molecule has 22 heavy (non-hydrogen) atoms. The molecule has 2 heterocycles. The lowest BCUT2D eigenvalue weighted by Gasteiger charge is -2.45. The Balaban J connectivity index is 1.68. The van der Waals surface area contributed by atoms with E-state index in [0.29, 0.717) is 17.8 Å². The molecular formula is C19H26O3. The van der Waals surface area contributed by atoms with E-state index < -0.39 is 0 Å². The van der Waals surface area contributed by atoms with Crippen LogP contribution < -0.4 is 4.74 Å². The topological polar surface area (TPSA) is 35.5 Å². The Bertz CT molecular complexity index is 539. The average molecular weight is 302 g/mol. The summed E-state index contributed by atoms with van der Waals surface area (Å²) in [5, 5.41) is 0. The van der Waals surface area contributed by atoms with Gasteiger partial charge in [-0.05, 0) is 55.7 Å². The number of esters is 1. The quantitative estimate of drug-likeness (QED) is 0.598. The van der Waals surface area contributed by atoms with Crippen LogP contribution in [0.15, 0.2) is 18.2 Å². The number of hydrogen-bond donors (Lipinski definition) is 0. The van der Waals surface area contributed by atoms with E-state index in [0.717, 1.165) is 37.7 Å². The Morgan fingerprint density at radius 2 is 2.05 bits per heavy atom. The molecule has 0 radical (unpaired) electrons. The number of aryl methyl sites for hydroxylation is 1. The molecule has 2 aliphatic heterocycles. The molecule has 2 bridgehead atoms. The first-order chi connectivity index (χ1) is 10.6. The molecule has 3 atom stereocenters. The van der Waals surface area contributed by atoms with Crippen LogP contribution in [0.3, 0.4) is 0 Å². The van der Waals surface area contributed by atoms with Crippen molar-refractivity contribution in [1.29, 1.82) is 0 Å². The number of carbonyl (C=O) groups is 1. The van der Waals surface area contributed by atoms with Gasteiger partial charge in [0.1, 0.15) is 5.75 Å². The second-order valence-electron chi connectivity index (χ2n) is 6.68. The van der Waals surface area contributed by atoms with Gasteiger partial charge >= 0.3 is 5.97 Å². The highest BCUT2D eigenvalue weighted by molar-refractivity contribution is 5.76. The molecule has 2 saturated heterocycles. The highest BCUT2D eigenvalue weighted by atomic mass is 16.5. The summed E-state index contributed by atoms with van der Waals surface area (Å²) in [5.74, 6) is 1.08. The number of fused-ring (bicyclic) bond motifs is 2. The summed E-state index contributed by atoms with van der Waals surface area (Å²) < 4.78 is 11.3. The van der Waals surface area contributed by atoms with Gasteiger partial charge in [-0.3, -0.25) is 4.79 Å². The standard InChI is InChI=1S/C19H26O3/c1-4-13(5-2)14-6-9-17(12(3)10-14)22-19(20)16-8-7-15-11-18(16)21-15/h6,9-10,13,15-16,18H,4-5,7-8,11H2,1-3H3. The van der Waals surface area contributed by atoms with Gasteiger partial charge in [-0.1, -0.05) is 26.0 Å². The van der Waals surface area contributed by atoms with Gasteiger partial charge in [0.15, 0.2) is 0 Å². The predicted molar refractivity (Wildman–Crippen MR) is 86.1 cm³/mol. The van der Waals surface area contributed by atoms with Gasteiger partial charge in [-0.25, -0.2) is 0 Å². The first-order valence-electron chi connectivity index (χ1n) is 8.60. The minimum atomic E-state index is -0.124. The van der Waals surface area contributed by atoms with Crippen LogP contribution in [0.5, 0.6) is 5.75 Å². The van der Waals surface area contributed by atoms with E-state index in [4.69, 9.17) is 9.47 Å². The average Bonchev–Trinajstić information content (AvgIpc) is 2.50. The zero-order chi connectivity index (χ0) is 15.7. The van der Waals surface area contributed by atoms with Crippen LogP contribution in [0.25, 0.3) is 0 Å². The lowest BCUT2D eigenvalue weighted by Crippen LogP contribution is -2.51. The molecule has 0 amide bonds. The third-order valence-electron chi connectivity index (χ3n) is 5.28. The minimum Gasteiger partial charge on any atom is -0.426 e. The van der Waals surface area contributed by atoms with Crippen LogP contribution in [0.2, 0.25) is 0 Å². The van der Waals surface area contributed by atoms with Crippen LogP contribution >= 0.6 is 0 Å². The second-order valence-corrected chi connectivity index (χ2v) is 6.68. The van der Waals surface area contributed by atoms with Crippen LogP contribution in [0.4, 0.5) is 0 Å². The normalized spacial score (nSPS) is 26.6. The van der Waals surface area contributed by atoms with Crippen molar-refractivity contribution in [3.05, 3.63) is 29.3 Å². The van der Waals surface area contributed by atoms with Crippen molar-refractivity contribution in [2.75, 3.05) is 0 Å². The summed E-state index contributed by atoms with van der Waals surface area (Å²) in [7, 11) is 0. The third kappa shape index (κ3) is 2.91. The van der Waals surface area contributed by atoms with Gasteiger partial charge in [-0.15, -0.1) is 0 Å². The van der Waals surface area contributed by atoms with Crippen LogP contribution in [-0.2, 0) is 9.53 Å². The van der Waals surface area contributed by atoms with E-state index in [1.807, 2.05) is 13.0 Å². The summed E-state index contributed by atoms with van der Waals surface area (Å²) >= 11 is 0. The molecule has 3 aliphatic rings. The first kappa shape index (κ1) is 15.5. The highest BCUT2D eigenvalue weighted by Gasteiger charge is 2.45. The molecule has 120 valence electrons. The number of carbonyl (C=O) groups excluding carboxylic acids is 1. The zero-order valence-electron chi connectivity index (χ0n) is 13.8. The third-order valence-corrected chi connectivity index (χ3v) is 5.28. The van der Waals surface area contributed by atoms with Crippen molar-refractivity contribution in [3.8, 4) is 5.75 Å². The smallest absolute Gasteiger partial charge is 0.316 e. The van der Waals surface area contributed by atoms with Gasteiger partial charge in [0.2, 0.25) is 0 Å². The van der Waals surface area contributed by atoms with Crippen molar-refractivity contribution in [2.45, 2.75) is 71.0 Å². The Morgan fingerprint density at radius 3 is 2.59 bits per heavy atom. The summed E-state index contributed by atoms with van der Waals surface area (Å²) in [6, 6.07) is 6.22. The monoisotopic (exact) mass is 302 g/mol. The Labute approximate surface area is 133 Å². The van der Waals surface area contributed by atoms with E-state index in [1.165, 1.54) is 5.56 Å². The lowest BCUT2D eigenvalue weighted by atomic mass is 9.80. The molecule has 3 heteroatoms. The van der Waals surface area contributed by atoms with Crippen LogP contribution in [0.1, 0.15) is 63.0 Å². The molecular weight excluding hydrogens is 276 g/mol. The number of benzene rings is 1. The van der Waals surface area contributed by atoms with E-state index >= 15 is 0 Å². The fourth-order valence-electron chi connectivity index (χ4n) is 3.75. The molecule has 3 unspecified atom stereocenters. The number of hydrogen-bond acceptors (Lipinski definition) is 3. The summed E-state index contributed by atoms with van der Waals surface area (Å²) in [5.41, 5.74) is 2.38. The van der Waals surface area contributed by atoms with Gasteiger partial charge in [-0.2, -0.15) is 0 Å². The first-order valence-corrected chi connectivity index (χ1v) is 8.60. The summed E-state index contributed by atoms with van der Waals surface area (Å²) in [6.07, 6.45) is 5.67. The largest absolute Gasteiger partial charge is 0.426 e. The maximum Gasteiger partial charge on any atom is 0.316 e. The Morgan fingerprint density at radius 1 is 1.32 bits per heavy atom. The second kappa shape index (κ2) is 6.41. The van der Waals surface area contributed by atoms with E-state index in [9.17, 15) is 4.79 Å². The highest BCUT2D eigenvalue weighted by Crippen LogP contribution is 2.39. The van der Waals surface area contributed by atoms with Crippen molar-refractivity contribution in [1.82, 2.24) is 0 Å². The Hall–Kier alpha value is -1.35. The SMILES string of the molecule is CCC(CC)c1ccc(OC(=O)C2CCC3CC2O3)c(C)c1. The Kier molecular flexibility index (Phi) is 4.53. The molecule has 3 nitrogen and oxygen atoms in total. The minimum absolute atomic E-state index is 0.0805. The van der Waals surface area contributed by atoms with Gasteiger partial charge in [0.05, 0.1) is 18.1 Å². The van der Waals surface area contributed by atoms with Gasteiger partial charge in [0.25, 0.3) is 0 Å². The molecule has 1 aromatic rings. The van der Waals surface area contributed by atoms with Crippen molar-refractivity contribution >= 4 is 5.97 Å². The van der Waals surface area contributed by atoms with Crippen molar-refractivity contribution in [3.63, 3.8) is 0 Å². The molecule has 0 aromatic heterocycles. The molecule has 1 aliphatic carbocycles. The molecule has 0 spiro atoms.